The van der Waals surface area contributed by atoms with Gasteiger partial charge in [0.15, 0.2) is 0 Å². The van der Waals surface area contributed by atoms with Crippen LogP contribution in [0.3, 0.4) is 0 Å². The van der Waals surface area contributed by atoms with E-state index in [2.05, 4.69) is 23.1 Å². The number of carbonyl (C=O) groups is 1. The molecular formula is C11H22N2OS2. The third kappa shape index (κ3) is 4.87. The molecule has 1 fully saturated rings. The Morgan fingerprint density at radius 3 is 2.75 bits per heavy atom. The van der Waals surface area contributed by atoms with Crippen molar-refractivity contribution in [2.24, 2.45) is 0 Å². The second kappa shape index (κ2) is 7.33. The summed E-state index contributed by atoms with van der Waals surface area (Å²) in [6, 6.07) is 0.611. The smallest absolute Gasteiger partial charge is 0.315 e. The zero-order valence-corrected chi connectivity index (χ0v) is 11.9. The predicted molar refractivity (Wildman–Crippen MR) is 74.5 cm³/mol. The van der Waals surface area contributed by atoms with Crippen LogP contribution in [0.2, 0.25) is 0 Å². The van der Waals surface area contributed by atoms with Crippen LogP contribution in [0.25, 0.3) is 0 Å². The minimum absolute atomic E-state index is 0.00620. The Bertz CT molecular complexity index is 226. The van der Waals surface area contributed by atoms with Crippen LogP contribution in [0.1, 0.15) is 26.2 Å². The van der Waals surface area contributed by atoms with Gasteiger partial charge in [0.1, 0.15) is 0 Å². The van der Waals surface area contributed by atoms with E-state index in [0.29, 0.717) is 6.04 Å². The fourth-order valence-electron chi connectivity index (χ4n) is 2.03. The molecule has 0 radical (unpaired) electrons. The van der Waals surface area contributed by atoms with Gasteiger partial charge in [-0.25, -0.2) is 4.79 Å². The van der Waals surface area contributed by atoms with Gasteiger partial charge in [-0.05, 0) is 38.7 Å². The molecule has 0 bridgehead atoms. The van der Waals surface area contributed by atoms with Crippen molar-refractivity contribution in [3.63, 3.8) is 0 Å². The third-order valence-corrected chi connectivity index (χ3v) is 4.78. The van der Waals surface area contributed by atoms with E-state index < -0.39 is 0 Å². The van der Waals surface area contributed by atoms with Crippen LogP contribution in [0.15, 0.2) is 0 Å². The zero-order chi connectivity index (χ0) is 12.0. The van der Waals surface area contributed by atoms with Crippen molar-refractivity contribution in [2.45, 2.75) is 43.5 Å². The number of rotatable bonds is 5. The van der Waals surface area contributed by atoms with Gasteiger partial charge >= 0.3 is 6.03 Å². The molecule has 0 saturated heterocycles. The van der Waals surface area contributed by atoms with Crippen molar-refractivity contribution >= 4 is 29.6 Å². The van der Waals surface area contributed by atoms with Crippen LogP contribution in [0.4, 0.5) is 4.79 Å². The zero-order valence-electron chi connectivity index (χ0n) is 10.3. The number of carbonyl (C=O) groups excluding carboxylic acids is 1. The molecule has 0 aromatic carbocycles. The average molecular weight is 262 g/mol. The molecule has 3 atom stereocenters. The monoisotopic (exact) mass is 262 g/mol. The lowest BCUT2D eigenvalue weighted by molar-refractivity contribution is 0.235. The molecule has 3 nitrogen and oxygen atoms in total. The number of thioether (sulfide) groups is 2. The minimum Gasteiger partial charge on any atom is -0.335 e. The van der Waals surface area contributed by atoms with Crippen molar-refractivity contribution in [3.8, 4) is 0 Å². The van der Waals surface area contributed by atoms with Gasteiger partial charge in [0, 0.05) is 23.1 Å². The van der Waals surface area contributed by atoms with Crippen molar-refractivity contribution < 1.29 is 4.79 Å². The van der Waals surface area contributed by atoms with Crippen LogP contribution in [-0.2, 0) is 0 Å². The van der Waals surface area contributed by atoms with Gasteiger partial charge in [-0.3, -0.25) is 0 Å². The van der Waals surface area contributed by atoms with E-state index >= 15 is 0 Å². The fourth-order valence-corrected chi connectivity index (χ4v) is 3.41. The van der Waals surface area contributed by atoms with E-state index in [-0.39, 0.29) is 12.1 Å². The number of nitrogens with one attached hydrogen (secondary N) is 2. The molecule has 0 aromatic heterocycles. The van der Waals surface area contributed by atoms with E-state index in [1.165, 1.54) is 6.42 Å². The molecule has 1 rings (SSSR count). The molecular weight excluding hydrogens is 240 g/mol. The molecule has 2 N–H and O–H groups in total. The highest BCUT2D eigenvalue weighted by Crippen LogP contribution is 2.27. The molecule has 0 aliphatic heterocycles. The van der Waals surface area contributed by atoms with E-state index in [1.807, 2.05) is 18.7 Å². The molecule has 0 heterocycles. The molecule has 5 heteroatoms. The van der Waals surface area contributed by atoms with Gasteiger partial charge in [-0.15, -0.1) is 0 Å². The third-order valence-electron chi connectivity index (χ3n) is 2.85. The first-order valence-electron chi connectivity index (χ1n) is 5.74. The first-order chi connectivity index (χ1) is 7.65. The first-order valence-corrected chi connectivity index (χ1v) is 8.42. The standard InChI is InChI=1S/C11H22N2OS2/c1-8(7-15-2)12-11(14)13-9-4-5-10(6-9)16-3/h8-10H,4-7H2,1-3H3,(H2,12,13,14)/t8-,9+,10+/m0/s1. The average Bonchev–Trinajstić information content (AvgIpc) is 2.65. The molecule has 1 aliphatic carbocycles. The van der Waals surface area contributed by atoms with Crippen LogP contribution in [-0.4, -0.2) is 41.6 Å². The summed E-state index contributed by atoms with van der Waals surface area (Å²) < 4.78 is 0. The predicted octanol–water partition coefficient (Wildman–Crippen LogP) is 2.32. The summed E-state index contributed by atoms with van der Waals surface area (Å²) in [5.74, 6) is 0.964. The summed E-state index contributed by atoms with van der Waals surface area (Å²) >= 11 is 3.66. The maximum Gasteiger partial charge on any atom is 0.315 e. The maximum atomic E-state index is 11.6. The highest BCUT2D eigenvalue weighted by Gasteiger charge is 2.25. The summed E-state index contributed by atoms with van der Waals surface area (Å²) in [5, 5.41) is 6.75. The molecule has 94 valence electrons. The number of amides is 2. The summed E-state index contributed by atoms with van der Waals surface area (Å²) in [6.45, 7) is 2.04. The quantitative estimate of drug-likeness (QED) is 0.799. The Kier molecular flexibility index (Phi) is 6.43. The Balaban J connectivity index is 2.19. The second-order valence-electron chi connectivity index (χ2n) is 4.34. The van der Waals surface area contributed by atoms with Crippen molar-refractivity contribution in [1.29, 1.82) is 0 Å². The summed E-state index contributed by atoms with van der Waals surface area (Å²) in [7, 11) is 0. The Labute approximate surface area is 107 Å². The van der Waals surface area contributed by atoms with E-state index in [4.69, 9.17) is 0 Å². The topological polar surface area (TPSA) is 41.1 Å². The van der Waals surface area contributed by atoms with Crippen molar-refractivity contribution in [2.75, 3.05) is 18.3 Å². The van der Waals surface area contributed by atoms with Crippen LogP contribution in [0.5, 0.6) is 0 Å². The van der Waals surface area contributed by atoms with Crippen molar-refractivity contribution in [3.05, 3.63) is 0 Å². The van der Waals surface area contributed by atoms with Gasteiger partial charge in [-0.2, -0.15) is 23.5 Å². The molecule has 0 unspecified atom stereocenters. The summed E-state index contributed by atoms with van der Waals surface area (Å²) in [5.41, 5.74) is 0. The Morgan fingerprint density at radius 2 is 2.19 bits per heavy atom. The first kappa shape index (κ1) is 14.0. The van der Waals surface area contributed by atoms with Crippen molar-refractivity contribution in [1.82, 2.24) is 10.6 Å². The van der Waals surface area contributed by atoms with E-state index in [9.17, 15) is 4.79 Å². The lowest BCUT2D eigenvalue weighted by Crippen LogP contribution is -2.45. The van der Waals surface area contributed by atoms with Crippen LogP contribution < -0.4 is 10.6 Å². The van der Waals surface area contributed by atoms with Crippen LogP contribution >= 0.6 is 23.5 Å². The Morgan fingerprint density at radius 1 is 1.44 bits per heavy atom. The lowest BCUT2D eigenvalue weighted by Gasteiger charge is -2.17. The molecule has 16 heavy (non-hydrogen) atoms. The molecule has 1 aliphatic rings. The lowest BCUT2D eigenvalue weighted by atomic mass is 10.2. The molecule has 1 saturated carbocycles. The number of hydrogen-bond acceptors (Lipinski definition) is 3. The number of urea groups is 1. The minimum atomic E-state index is -0.00620. The summed E-state index contributed by atoms with van der Waals surface area (Å²) in [6.07, 6.45) is 7.66. The highest BCUT2D eigenvalue weighted by molar-refractivity contribution is 7.99. The molecule has 0 aromatic rings. The SMILES string of the molecule is CSC[C@H](C)NC(=O)N[C@@H]1CC[C@@H](SC)C1. The van der Waals surface area contributed by atoms with Gasteiger partial charge in [0.25, 0.3) is 0 Å². The Hall–Kier alpha value is -0.0300. The van der Waals surface area contributed by atoms with Gasteiger partial charge in [0.05, 0.1) is 0 Å². The number of hydrogen-bond donors (Lipinski definition) is 2. The van der Waals surface area contributed by atoms with E-state index in [0.717, 1.165) is 23.8 Å². The molecule has 0 spiro atoms. The normalized spacial score (nSPS) is 26.4. The highest BCUT2D eigenvalue weighted by atomic mass is 32.2. The van der Waals surface area contributed by atoms with E-state index in [1.54, 1.807) is 11.8 Å². The van der Waals surface area contributed by atoms with Gasteiger partial charge < -0.3 is 10.6 Å². The van der Waals surface area contributed by atoms with Crippen LogP contribution in [0, 0.1) is 0 Å². The fraction of sp³-hybridized carbons (Fsp3) is 0.909. The van der Waals surface area contributed by atoms with Gasteiger partial charge in [0.2, 0.25) is 0 Å². The second-order valence-corrected chi connectivity index (χ2v) is 6.39. The van der Waals surface area contributed by atoms with Gasteiger partial charge in [-0.1, -0.05) is 0 Å². The molecule has 2 amide bonds. The largest absolute Gasteiger partial charge is 0.335 e. The summed E-state index contributed by atoms with van der Waals surface area (Å²) in [4.78, 5) is 11.6. The maximum absolute atomic E-state index is 11.6.